The number of carbonyl (C=O) groups is 1. The van der Waals surface area contributed by atoms with Crippen molar-refractivity contribution < 1.29 is 23.9 Å². The van der Waals surface area contributed by atoms with Crippen LogP contribution < -0.4 is 5.32 Å². The molecule has 0 saturated carbocycles. The third kappa shape index (κ3) is 6.20. The fraction of sp³-hybridized carbons (Fsp3) is 0.240. The Kier molecular flexibility index (Phi) is 7.84. The molecule has 0 saturated heterocycles. The van der Waals surface area contributed by atoms with Gasteiger partial charge in [-0.05, 0) is 55.3 Å². The number of hydrogen-bond donors (Lipinski definition) is 3. The van der Waals surface area contributed by atoms with Gasteiger partial charge in [-0.2, -0.15) is 0 Å². The monoisotopic (exact) mass is 453 g/mol. The quantitative estimate of drug-likeness (QED) is 0.271. The molecular formula is C25H25F2N3O3. The van der Waals surface area contributed by atoms with Gasteiger partial charge in [0, 0.05) is 48.0 Å². The molecule has 3 rings (SSSR count). The molecule has 33 heavy (non-hydrogen) atoms. The van der Waals surface area contributed by atoms with Crippen LogP contribution in [0.3, 0.4) is 0 Å². The Morgan fingerprint density at radius 2 is 1.82 bits per heavy atom. The number of hydrogen-bond acceptors (Lipinski definition) is 5. The van der Waals surface area contributed by atoms with E-state index < -0.39 is 23.7 Å². The summed E-state index contributed by atoms with van der Waals surface area (Å²) in [6.07, 6.45) is 1.03. The highest BCUT2D eigenvalue weighted by molar-refractivity contribution is 6.01. The second-order valence-corrected chi connectivity index (χ2v) is 7.84. The van der Waals surface area contributed by atoms with Crippen LogP contribution >= 0.6 is 0 Å². The van der Waals surface area contributed by atoms with Crippen molar-refractivity contribution in [3.05, 3.63) is 100 Å². The molecule has 1 unspecified atom stereocenters. The number of aliphatic hydroxyl groups excluding tert-OH is 1. The zero-order valence-corrected chi connectivity index (χ0v) is 18.3. The maximum absolute atomic E-state index is 14.8. The summed E-state index contributed by atoms with van der Waals surface area (Å²) < 4.78 is 28.3. The van der Waals surface area contributed by atoms with Gasteiger partial charge in [-0.25, -0.2) is 8.78 Å². The molecule has 8 heteroatoms. The Hall–Kier alpha value is -3.65. The summed E-state index contributed by atoms with van der Waals surface area (Å²) in [7, 11) is 0. The molecule has 2 aromatic carbocycles. The van der Waals surface area contributed by atoms with Crippen LogP contribution in [0.1, 0.15) is 52.0 Å². The first-order valence-electron chi connectivity index (χ1n) is 10.4. The lowest BCUT2D eigenvalue weighted by atomic mass is 9.85. The SMILES string of the molecule is Cc1cc(/C(CC(c2ccc(C(=O)NC[C@@H](C)O)cc2)c2ccc(F)cc2F)=N/O)ccn1. The first kappa shape index (κ1) is 24.0. The Balaban J connectivity index is 1.96. The number of aryl methyl sites for hydroxylation is 1. The molecule has 3 aromatic rings. The van der Waals surface area contributed by atoms with Crippen molar-refractivity contribution in [3.63, 3.8) is 0 Å². The first-order valence-corrected chi connectivity index (χ1v) is 10.4. The van der Waals surface area contributed by atoms with Crippen molar-refractivity contribution >= 4 is 11.6 Å². The highest BCUT2D eigenvalue weighted by atomic mass is 19.1. The lowest BCUT2D eigenvalue weighted by molar-refractivity contribution is 0.0924. The van der Waals surface area contributed by atoms with E-state index in [4.69, 9.17) is 0 Å². The first-order chi connectivity index (χ1) is 15.8. The van der Waals surface area contributed by atoms with Crippen molar-refractivity contribution in [1.29, 1.82) is 0 Å². The van der Waals surface area contributed by atoms with Crippen LogP contribution in [0.4, 0.5) is 8.78 Å². The number of aromatic nitrogens is 1. The van der Waals surface area contributed by atoms with Crippen LogP contribution in [0.15, 0.2) is 65.9 Å². The molecule has 1 amide bonds. The second-order valence-electron chi connectivity index (χ2n) is 7.84. The Morgan fingerprint density at radius 1 is 1.09 bits per heavy atom. The van der Waals surface area contributed by atoms with Crippen LogP contribution in [0.5, 0.6) is 0 Å². The van der Waals surface area contributed by atoms with E-state index in [0.29, 0.717) is 22.4 Å². The normalized spacial score (nSPS) is 13.4. The summed E-state index contributed by atoms with van der Waals surface area (Å²) in [5.74, 6) is -2.38. The molecule has 0 aliphatic carbocycles. The summed E-state index contributed by atoms with van der Waals surface area (Å²) in [5, 5.41) is 25.1. The summed E-state index contributed by atoms with van der Waals surface area (Å²) in [6, 6.07) is 13.3. The Morgan fingerprint density at radius 3 is 2.42 bits per heavy atom. The minimum absolute atomic E-state index is 0.117. The average Bonchev–Trinajstić information content (AvgIpc) is 2.79. The molecule has 1 heterocycles. The van der Waals surface area contributed by atoms with Crippen molar-refractivity contribution in [3.8, 4) is 0 Å². The highest BCUT2D eigenvalue weighted by Gasteiger charge is 2.23. The Bertz CT molecular complexity index is 1150. The van der Waals surface area contributed by atoms with E-state index in [2.05, 4.69) is 15.5 Å². The molecule has 0 aliphatic heterocycles. The molecule has 1 aromatic heterocycles. The molecule has 0 radical (unpaired) electrons. The minimum Gasteiger partial charge on any atom is -0.411 e. The van der Waals surface area contributed by atoms with Crippen LogP contribution in [0.25, 0.3) is 0 Å². The largest absolute Gasteiger partial charge is 0.411 e. The van der Waals surface area contributed by atoms with Crippen LogP contribution in [-0.2, 0) is 0 Å². The summed E-state index contributed by atoms with van der Waals surface area (Å²) in [5.41, 5.74) is 2.93. The van der Waals surface area contributed by atoms with E-state index in [1.807, 2.05) is 0 Å². The van der Waals surface area contributed by atoms with E-state index >= 15 is 0 Å². The van der Waals surface area contributed by atoms with Gasteiger partial charge in [-0.1, -0.05) is 23.4 Å². The van der Waals surface area contributed by atoms with Gasteiger partial charge in [0.15, 0.2) is 0 Å². The number of nitrogens with zero attached hydrogens (tertiary/aromatic N) is 2. The Labute approximate surface area is 190 Å². The number of amides is 1. The van der Waals surface area contributed by atoms with Gasteiger partial charge in [0.25, 0.3) is 5.91 Å². The van der Waals surface area contributed by atoms with E-state index in [1.165, 1.54) is 12.1 Å². The summed E-state index contributed by atoms with van der Waals surface area (Å²) in [4.78, 5) is 16.4. The maximum atomic E-state index is 14.8. The smallest absolute Gasteiger partial charge is 0.251 e. The lowest BCUT2D eigenvalue weighted by Crippen LogP contribution is -2.30. The number of benzene rings is 2. The summed E-state index contributed by atoms with van der Waals surface area (Å²) >= 11 is 0. The van der Waals surface area contributed by atoms with E-state index in [-0.39, 0.29) is 24.4 Å². The molecular weight excluding hydrogens is 428 g/mol. The molecule has 0 fully saturated rings. The van der Waals surface area contributed by atoms with Crippen LogP contribution in [0, 0.1) is 18.6 Å². The lowest BCUT2D eigenvalue weighted by Gasteiger charge is -2.20. The van der Waals surface area contributed by atoms with Crippen molar-refractivity contribution in [2.24, 2.45) is 5.16 Å². The van der Waals surface area contributed by atoms with Crippen LogP contribution in [-0.4, -0.2) is 39.6 Å². The van der Waals surface area contributed by atoms with Crippen LogP contribution in [0.2, 0.25) is 0 Å². The fourth-order valence-electron chi connectivity index (χ4n) is 3.54. The molecule has 2 atom stereocenters. The number of rotatable bonds is 8. The predicted molar refractivity (Wildman–Crippen MR) is 121 cm³/mol. The number of pyridine rings is 1. The predicted octanol–water partition coefficient (Wildman–Crippen LogP) is 4.18. The fourth-order valence-corrected chi connectivity index (χ4v) is 3.54. The standard InChI is InChI=1S/C25H25F2N3O3/c1-15-11-19(9-10-28-15)24(30-33)13-22(21-8-7-20(26)12-23(21)27)17-3-5-18(6-4-17)25(32)29-14-16(2)31/h3-12,16,22,31,33H,13-14H2,1-2H3,(H,29,32)/b30-24+/t16-,22?/m1/s1. The topological polar surface area (TPSA) is 94.8 Å². The van der Waals surface area contributed by atoms with Crippen molar-refractivity contribution in [2.45, 2.75) is 32.3 Å². The van der Waals surface area contributed by atoms with E-state index in [1.54, 1.807) is 56.4 Å². The van der Waals surface area contributed by atoms with Gasteiger partial charge >= 0.3 is 0 Å². The van der Waals surface area contributed by atoms with Gasteiger partial charge in [-0.15, -0.1) is 0 Å². The zero-order chi connectivity index (χ0) is 24.0. The second kappa shape index (κ2) is 10.8. The number of nitrogens with one attached hydrogen (secondary N) is 1. The molecule has 3 N–H and O–H groups in total. The van der Waals surface area contributed by atoms with Gasteiger partial charge in [-0.3, -0.25) is 9.78 Å². The molecule has 172 valence electrons. The average molecular weight is 453 g/mol. The molecule has 6 nitrogen and oxygen atoms in total. The molecule has 0 aliphatic rings. The van der Waals surface area contributed by atoms with Gasteiger partial charge in [0.1, 0.15) is 11.6 Å². The van der Waals surface area contributed by atoms with Crippen molar-refractivity contribution in [2.75, 3.05) is 6.54 Å². The van der Waals surface area contributed by atoms with Gasteiger partial charge in [0.05, 0.1) is 11.8 Å². The van der Waals surface area contributed by atoms with Crippen molar-refractivity contribution in [1.82, 2.24) is 10.3 Å². The van der Waals surface area contributed by atoms with Gasteiger partial charge < -0.3 is 15.6 Å². The third-order valence-electron chi connectivity index (χ3n) is 5.22. The number of halogens is 2. The number of carbonyl (C=O) groups excluding carboxylic acids is 1. The highest BCUT2D eigenvalue weighted by Crippen LogP contribution is 2.32. The van der Waals surface area contributed by atoms with E-state index in [9.17, 15) is 23.9 Å². The molecule has 0 spiro atoms. The minimum atomic E-state index is -0.720. The maximum Gasteiger partial charge on any atom is 0.251 e. The molecule has 0 bridgehead atoms. The van der Waals surface area contributed by atoms with E-state index in [0.717, 1.165) is 11.8 Å². The van der Waals surface area contributed by atoms with Gasteiger partial charge in [0.2, 0.25) is 0 Å². The third-order valence-corrected chi connectivity index (χ3v) is 5.22. The number of aliphatic hydroxyl groups is 1. The summed E-state index contributed by atoms with van der Waals surface area (Å²) in [6.45, 7) is 3.48. The number of oxime groups is 1. The zero-order valence-electron chi connectivity index (χ0n) is 18.3.